The summed E-state index contributed by atoms with van der Waals surface area (Å²) in [5.74, 6) is -1.90. The second-order valence-corrected chi connectivity index (χ2v) is 8.03. The van der Waals surface area contributed by atoms with E-state index in [1.54, 1.807) is 0 Å². The maximum absolute atomic E-state index is 12.5. The van der Waals surface area contributed by atoms with Crippen molar-refractivity contribution >= 4 is 18.0 Å². The van der Waals surface area contributed by atoms with Crippen LogP contribution in [0.15, 0.2) is 60.2 Å². The van der Waals surface area contributed by atoms with Gasteiger partial charge >= 0.3 is 12.1 Å². The first-order valence-electron chi connectivity index (χ1n) is 10.9. The molecule has 172 valence electrons. The third-order valence-electron chi connectivity index (χ3n) is 5.88. The van der Waals surface area contributed by atoms with Crippen molar-refractivity contribution in [3.05, 3.63) is 71.3 Å². The standard InChI is InChI=1S/C25H26N2O6/c28-23(29)13-22(24(30)26-14-16-9-11-32-12-10-16)27-25(31)33-15-21-19-7-3-1-5-17(19)18-6-2-4-8-20(18)21/h1-9,21-22H,10-15H2,(H,26,30)(H,27,31)(H,28,29). The van der Waals surface area contributed by atoms with Crippen LogP contribution < -0.4 is 10.6 Å². The lowest BCUT2D eigenvalue weighted by molar-refractivity contribution is -0.139. The first kappa shape index (κ1) is 22.5. The summed E-state index contributed by atoms with van der Waals surface area (Å²) in [6, 6.07) is 14.7. The van der Waals surface area contributed by atoms with Gasteiger partial charge in [0.1, 0.15) is 12.6 Å². The maximum Gasteiger partial charge on any atom is 0.407 e. The second kappa shape index (κ2) is 10.3. The molecule has 8 heteroatoms. The van der Waals surface area contributed by atoms with Gasteiger partial charge in [-0.2, -0.15) is 0 Å². The Hall–Kier alpha value is -3.65. The van der Waals surface area contributed by atoms with Crippen molar-refractivity contribution in [3.63, 3.8) is 0 Å². The van der Waals surface area contributed by atoms with Crippen LogP contribution in [0.4, 0.5) is 4.79 Å². The highest BCUT2D eigenvalue weighted by Crippen LogP contribution is 2.44. The number of nitrogens with one attached hydrogen (secondary N) is 2. The molecule has 0 bridgehead atoms. The predicted molar refractivity (Wildman–Crippen MR) is 121 cm³/mol. The molecule has 33 heavy (non-hydrogen) atoms. The van der Waals surface area contributed by atoms with Gasteiger partial charge in [0.2, 0.25) is 5.91 Å². The summed E-state index contributed by atoms with van der Waals surface area (Å²) in [5, 5.41) is 14.3. The Balaban J connectivity index is 1.37. The zero-order chi connectivity index (χ0) is 23.2. The zero-order valence-corrected chi connectivity index (χ0v) is 18.1. The van der Waals surface area contributed by atoms with Gasteiger partial charge in [0.15, 0.2) is 0 Å². The average molecular weight is 450 g/mol. The van der Waals surface area contributed by atoms with Crippen LogP contribution in [0, 0.1) is 0 Å². The van der Waals surface area contributed by atoms with Crippen LogP contribution in [0.25, 0.3) is 11.1 Å². The van der Waals surface area contributed by atoms with Crippen LogP contribution in [-0.4, -0.2) is 55.5 Å². The van der Waals surface area contributed by atoms with Crippen LogP contribution >= 0.6 is 0 Å². The Bertz CT molecular complexity index is 1030. The van der Waals surface area contributed by atoms with E-state index in [1.165, 1.54) is 0 Å². The molecule has 4 rings (SSSR count). The fourth-order valence-electron chi connectivity index (χ4n) is 4.22. The molecule has 0 spiro atoms. The molecule has 1 aliphatic heterocycles. The molecule has 1 atom stereocenters. The van der Waals surface area contributed by atoms with Crippen molar-refractivity contribution in [1.29, 1.82) is 0 Å². The first-order chi connectivity index (χ1) is 16.0. The molecule has 0 radical (unpaired) electrons. The normalized spacial score (nSPS) is 15.6. The number of carbonyl (C=O) groups excluding carboxylic acids is 2. The summed E-state index contributed by atoms with van der Waals surface area (Å²) in [6.07, 6.45) is 1.21. The Morgan fingerprint density at radius 1 is 1.06 bits per heavy atom. The largest absolute Gasteiger partial charge is 0.481 e. The molecule has 2 aromatic carbocycles. The van der Waals surface area contributed by atoms with Crippen molar-refractivity contribution in [2.24, 2.45) is 0 Å². The molecular formula is C25H26N2O6. The number of ether oxygens (including phenoxy) is 2. The van der Waals surface area contributed by atoms with Crippen molar-refractivity contribution in [1.82, 2.24) is 10.6 Å². The molecule has 2 aromatic rings. The minimum atomic E-state index is -1.24. The fraction of sp³-hybridized carbons (Fsp3) is 0.320. The second-order valence-electron chi connectivity index (χ2n) is 8.03. The molecule has 1 aliphatic carbocycles. The van der Waals surface area contributed by atoms with Crippen LogP contribution in [0.5, 0.6) is 0 Å². The SMILES string of the molecule is O=C(O)CC(NC(=O)OCC1c2ccccc2-c2ccccc21)C(=O)NCC1=CCOCC1. The molecule has 0 fully saturated rings. The van der Waals surface area contributed by atoms with Gasteiger partial charge in [0, 0.05) is 12.5 Å². The topological polar surface area (TPSA) is 114 Å². The van der Waals surface area contributed by atoms with Gasteiger partial charge in [-0.1, -0.05) is 60.2 Å². The van der Waals surface area contributed by atoms with Gasteiger partial charge in [-0.15, -0.1) is 0 Å². The molecule has 2 aliphatic rings. The smallest absolute Gasteiger partial charge is 0.407 e. The van der Waals surface area contributed by atoms with Crippen LogP contribution in [0.2, 0.25) is 0 Å². The monoisotopic (exact) mass is 450 g/mol. The molecule has 3 N–H and O–H groups in total. The molecule has 8 nitrogen and oxygen atoms in total. The molecule has 2 amide bonds. The highest BCUT2D eigenvalue weighted by atomic mass is 16.5. The number of hydrogen-bond acceptors (Lipinski definition) is 5. The van der Waals surface area contributed by atoms with E-state index in [0.717, 1.165) is 27.8 Å². The van der Waals surface area contributed by atoms with Crippen LogP contribution in [0.3, 0.4) is 0 Å². The highest BCUT2D eigenvalue weighted by Gasteiger charge is 2.30. The lowest BCUT2D eigenvalue weighted by Gasteiger charge is -2.20. The van der Waals surface area contributed by atoms with Crippen molar-refractivity contribution in [3.8, 4) is 11.1 Å². The maximum atomic E-state index is 12.5. The van der Waals surface area contributed by atoms with Gasteiger partial charge in [0.05, 0.1) is 19.6 Å². The van der Waals surface area contributed by atoms with E-state index in [9.17, 15) is 19.5 Å². The number of rotatable bonds is 8. The third-order valence-corrected chi connectivity index (χ3v) is 5.88. The first-order valence-corrected chi connectivity index (χ1v) is 10.9. The van der Waals surface area contributed by atoms with Gasteiger partial charge in [0.25, 0.3) is 0 Å². The van der Waals surface area contributed by atoms with Crippen molar-refractivity contribution < 1.29 is 29.0 Å². The summed E-state index contributed by atoms with van der Waals surface area (Å²) in [7, 11) is 0. The Labute approximate surface area is 191 Å². The minimum absolute atomic E-state index is 0.0775. The predicted octanol–water partition coefficient (Wildman–Crippen LogP) is 2.83. The van der Waals surface area contributed by atoms with Gasteiger partial charge in [-0.25, -0.2) is 4.79 Å². The Kier molecular flexibility index (Phi) is 7.04. The average Bonchev–Trinajstić information content (AvgIpc) is 3.15. The van der Waals surface area contributed by atoms with E-state index < -0.39 is 30.4 Å². The number of carboxylic acids is 1. The number of carbonyl (C=O) groups is 3. The summed E-state index contributed by atoms with van der Waals surface area (Å²) in [4.78, 5) is 36.3. The van der Waals surface area contributed by atoms with Gasteiger partial charge in [-0.3, -0.25) is 9.59 Å². The third kappa shape index (κ3) is 5.40. The summed E-state index contributed by atoms with van der Waals surface area (Å²) < 4.78 is 10.7. The number of amides is 2. The zero-order valence-electron chi connectivity index (χ0n) is 18.1. The van der Waals surface area contributed by atoms with E-state index in [1.807, 2.05) is 54.6 Å². The van der Waals surface area contributed by atoms with Crippen molar-refractivity contribution in [2.75, 3.05) is 26.4 Å². The van der Waals surface area contributed by atoms with Gasteiger partial charge in [-0.05, 0) is 28.7 Å². The van der Waals surface area contributed by atoms with Crippen LogP contribution in [0.1, 0.15) is 29.9 Å². The Morgan fingerprint density at radius 2 is 1.73 bits per heavy atom. The molecule has 0 saturated carbocycles. The highest BCUT2D eigenvalue weighted by molar-refractivity contribution is 5.89. The minimum Gasteiger partial charge on any atom is -0.481 e. The summed E-state index contributed by atoms with van der Waals surface area (Å²) in [6.45, 7) is 1.43. The van der Waals surface area contributed by atoms with E-state index in [0.29, 0.717) is 19.6 Å². The molecule has 0 aromatic heterocycles. The molecule has 1 heterocycles. The lowest BCUT2D eigenvalue weighted by atomic mass is 9.98. The summed E-state index contributed by atoms with van der Waals surface area (Å²) in [5.41, 5.74) is 5.34. The number of aliphatic carboxylic acids is 1. The quantitative estimate of drug-likeness (QED) is 0.533. The van der Waals surface area contributed by atoms with Gasteiger partial charge < -0.3 is 25.2 Å². The number of benzene rings is 2. The summed E-state index contributed by atoms with van der Waals surface area (Å²) >= 11 is 0. The van der Waals surface area contributed by atoms with Crippen molar-refractivity contribution in [2.45, 2.75) is 24.8 Å². The van der Waals surface area contributed by atoms with E-state index in [2.05, 4.69) is 10.6 Å². The number of alkyl carbamates (subject to hydrolysis) is 1. The lowest BCUT2D eigenvalue weighted by Crippen LogP contribution is -2.48. The Morgan fingerprint density at radius 3 is 2.33 bits per heavy atom. The molecule has 0 saturated heterocycles. The van der Waals surface area contributed by atoms with E-state index >= 15 is 0 Å². The number of fused-ring (bicyclic) bond motifs is 3. The van der Waals surface area contributed by atoms with E-state index in [4.69, 9.17) is 9.47 Å². The molecular weight excluding hydrogens is 424 g/mol. The van der Waals surface area contributed by atoms with E-state index in [-0.39, 0.29) is 19.1 Å². The molecule has 1 unspecified atom stereocenters. The fourth-order valence-corrected chi connectivity index (χ4v) is 4.22. The number of carboxylic acid groups (broad SMARTS) is 1. The number of hydrogen-bond donors (Lipinski definition) is 3. The van der Waals surface area contributed by atoms with Crippen LogP contribution in [-0.2, 0) is 19.1 Å².